The van der Waals surface area contributed by atoms with E-state index < -0.39 is 11.9 Å². The Balaban J connectivity index is 0. The Morgan fingerprint density at radius 2 is 2.00 bits per heavy atom. The predicted octanol–water partition coefficient (Wildman–Crippen LogP) is 0.235. The molecule has 0 unspecified atom stereocenters. The SMILES string of the molecule is CCC(=O)OC.C[C@H](CN)C(=O)O. The minimum atomic E-state index is -0.831. The molecule has 0 saturated heterocycles. The maximum absolute atomic E-state index is 9.96. The van der Waals surface area contributed by atoms with Gasteiger partial charge in [-0.1, -0.05) is 13.8 Å². The first-order valence-corrected chi connectivity index (χ1v) is 3.99. The standard InChI is InChI=1S/C4H9NO2.C4H8O2/c1-3(2-5)4(6)7;1-3-4(5)6-2/h3H,2,5H2,1H3,(H,6,7);3H2,1-2H3/t3-;/m1./s1. The first-order valence-electron chi connectivity index (χ1n) is 3.99. The Labute approximate surface area is 77.9 Å². The van der Waals surface area contributed by atoms with Gasteiger partial charge in [-0.25, -0.2) is 0 Å². The zero-order chi connectivity index (χ0) is 10.9. The Kier molecular flexibility index (Phi) is 9.98. The zero-order valence-electron chi connectivity index (χ0n) is 8.24. The Morgan fingerprint density at radius 1 is 1.54 bits per heavy atom. The van der Waals surface area contributed by atoms with Crippen LogP contribution in [0.4, 0.5) is 0 Å². The van der Waals surface area contributed by atoms with Crippen molar-refractivity contribution in [1.29, 1.82) is 0 Å². The van der Waals surface area contributed by atoms with Crippen LogP contribution < -0.4 is 5.73 Å². The number of rotatable bonds is 3. The van der Waals surface area contributed by atoms with Gasteiger partial charge in [-0.3, -0.25) is 9.59 Å². The van der Waals surface area contributed by atoms with Crippen molar-refractivity contribution in [3.8, 4) is 0 Å². The number of carbonyl (C=O) groups excluding carboxylic acids is 1. The molecule has 0 aromatic rings. The average molecular weight is 191 g/mol. The van der Waals surface area contributed by atoms with Crippen molar-refractivity contribution < 1.29 is 19.4 Å². The fourth-order valence-corrected chi connectivity index (χ4v) is 0.245. The second kappa shape index (κ2) is 8.99. The molecule has 5 nitrogen and oxygen atoms in total. The quantitative estimate of drug-likeness (QED) is 0.623. The van der Waals surface area contributed by atoms with E-state index in [1.807, 2.05) is 0 Å². The molecule has 0 aliphatic rings. The number of carboxylic acids is 1. The Bertz CT molecular complexity index is 152. The smallest absolute Gasteiger partial charge is 0.307 e. The van der Waals surface area contributed by atoms with Crippen LogP contribution in [0.3, 0.4) is 0 Å². The molecule has 78 valence electrons. The maximum Gasteiger partial charge on any atom is 0.307 e. The van der Waals surface area contributed by atoms with Crippen molar-refractivity contribution in [2.75, 3.05) is 13.7 Å². The summed E-state index contributed by atoms with van der Waals surface area (Å²) in [5, 5.41) is 8.10. The molecule has 0 bridgehead atoms. The summed E-state index contributed by atoms with van der Waals surface area (Å²) < 4.78 is 4.26. The molecule has 0 spiro atoms. The van der Waals surface area contributed by atoms with Crippen molar-refractivity contribution in [1.82, 2.24) is 0 Å². The topological polar surface area (TPSA) is 89.6 Å². The van der Waals surface area contributed by atoms with Gasteiger partial charge >= 0.3 is 11.9 Å². The lowest BCUT2D eigenvalue weighted by Crippen LogP contribution is -2.19. The molecule has 13 heavy (non-hydrogen) atoms. The van der Waals surface area contributed by atoms with Crippen molar-refractivity contribution in [2.45, 2.75) is 20.3 Å². The molecular formula is C8H17NO4. The average Bonchev–Trinajstić information content (AvgIpc) is 2.16. The lowest BCUT2D eigenvalue weighted by molar-refractivity contribution is -0.141. The molecule has 1 atom stereocenters. The number of esters is 1. The molecule has 0 heterocycles. The number of methoxy groups -OCH3 is 1. The van der Waals surface area contributed by atoms with Gasteiger partial charge in [-0.15, -0.1) is 0 Å². The minimum Gasteiger partial charge on any atom is -0.481 e. The summed E-state index contributed by atoms with van der Waals surface area (Å²) >= 11 is 0. The largest absolute Gasteiger partial charge is 0.481 e. The van der Waals surface area contributed by atoms with Crippen molar-refractivity contribution in [3.63, 3.8) is 0 Å². The van der Waals surface area contributed by atoms with Crippen LogP contribution in [0.2, 0.25) is 0 Å². The van der Waals surface area contributed by atoms with Crippen LogP contribution in [0.1, 0.15) is 20.3 Å². The van der Waals surface area contributed by atoms with Gasteiger partial charge in [0, 0.05) is 13.0 Å². The second-order valence-electron chi connectivity index (χ2n) is 2.40. The lowest BCUT2D eigenvalue weighted by atomic mass is 10.2. The van der Waals surface area contributed by atoms with Gasteiger partial charge in [0.15, 0.2) is 0 Å². The van der Waals surface area contributed by atoms with E-state index in [1.165, 1.54) is 7.11 Å². The highest BCUT2D eigenvalue weighted by molar-refractivity contribution is 5.69. The summed E-state index contributed by atoms with van der Waals surface area (Å²) in [6, 6.07) is 0. The van der Waals surface area contributed by atoms with Gasteiger partial charge in [-0.2, -0.15) is 0 Å². The number of ether oxygens (including phenoxy) is 1. The Morgan fingerprint density at radius 3 is 2.00 bits per heavy atom. The molecule has 5 heteroatoms. The zero-order valence-corrected chi connectivity index (χ0v) is 8.24. The molecule has 3 N–H and O–H groups in total. The van der Waals surface area contributed by atoms with Crippen molar-refractivity contribution in [2.24, 2.45) is 11.7 Å². The van der Waals surface area contributed by atoms with Gasteiger partial charge in [0.05, 0.1) is 13.0 Å². The fraction of sp³-hybridized carbons (Fsp3) is 0.750. The van der Waals surface area contributed by atoms with E-state index in [2.05, 4.69) is 4.74 Å². The maximum atomic E-state index is 9.96. The summed E-state index contributed by atoms with van der Waals surface area (Å²) in [5.41, 5.74) is 4.99. The van der Waals surface area contributed by atoms with Gasteiger partial charge in [0.2, 0.25) is 0 Å². The number of hydrogen-bond donors (Lipinski definition) is 2. The van der Waals surface area contributed by atoms with E-state index in [-0.39, 0.29) is 12.5 Å². The van der Waals surface area contributed by atoms with E-state index >= 15 is 0 Å². The van der Waals surface area contributed by atoms with Crippen LogP contribution >= 0.6 is 0 Å². The van der Waals surface area contributed by atoms with Gasteiger partial charge in [0.25, 0.3) is 0 Å². The van der Waals surface area contributed by atoms with E-state index in [4.69, 9.17) is 10.8 Å². The molecular weight excluding hydrogens is 174 g/mol. The van der Waals surface area contributed by atoms with Crippen molar-refractivity contribution >= 4 is 11.9 Å². The molecule has 0 aliphatic heterocycles. The number of aliphatic carboxylic acids is 1. The van der Waals surface area contributed by atoms with Crippen LogP contribution in [-0.2, 0) is 14.3 Å². The highest BCUT2D eigenvalue weighted by Crippen LogP contribution is 1.87. The molecule has 0 saturated carbocycles. The van der Waals surface area contributed by atoms with Gasteiger partial charge in [-0.05, 0) is 0 Å². The van der Waals surface area contributed by atoms with E-state index in [1.54, 1.807) is 13.8 Å². The molecule has 0 rings (SSSR count). The third kappa shape index (κ3) is 10.9. The second-order valence-corrected chi connectivity index (χ2v) is 2.40. The monoisotopic (exact) mass is 191 g/mol. The Hall–Kier alpha value is -1.10. The summed E-state index contributed by atoms with van der Waals surface area (Å²) in [6.45, 7) is 3.55. The molecule has 0 aromatic carbocycles. The summed E-state index contributed by atoms with van der Waals surface area (Å²) in [6.07, 6.45) is 0.469. The third-order valence-corrected chi connectivity index (χ3v) is 1.29. The first-order chi connectivity index (χ1) is 5.99. The number of hydrogen-bond acceptors (Lipinski definition) is 4. The normalized spacial score (nSPS) is 10.8. The lowest BCUT2D eigenvalue weighted by Gasteiger charge is -1.96. The molecule has 0 aromatic heterocycles. The molecule has 0 amide bonds. The van der Waals surface area contributed by atoms with Crippen LogP contribution in [0.15, 0.2) is 0 Å². The molecule has 0 fully saturated rings. The van der Waals surface area contributed by atoms with Crippen LogP contribution in [0, 0.1) is 5.92 Å². The number of nitrogens with two attached hydrogens (primary N) is 1. The van der Waals surface area contributed by atoms with Crippen molar-refractivity contribution in [3.05, 3.63) is 0 Å². The van der Waals surface area contributed by atoms with Crippen LogP contribution in [0.25, 0.3) is 0 Å². The highest BCUT2D eigenvalue weighted by Gasteiger charge is 2.05. The van der Waals surface area contributed by atoms with Gasteiger partial charge < -0.3 is 15.6 Å². The first kappa shape index (κ1) is 14.4. The predicted molar refractivity (Wildman–Crippen MR) is 48.2 cm³/mol. The van der Waals surface area contributed by atoms with E-state index in [0.717, 1.165) is 0 Å². The van der Waals surface area contributed by atoms with Crippen LogP contribution in [0.5, 0.6) is 0 Å². The van der Waals surface area contributed by atoms with Crippen LogP contribution in [-0.4, -0.2) is 30.7 Å². The highest BCUT2D eigenvalue weighted by atomic mass is 16.5. The van der Waals surface area contributed by atoms with Gasteiger partial charge in [0.1, 0.15) is 0 Å². The molecule has 0 radical (unpaired) electrons. The number of carboxylic acid groups (broad SMARTS) is 1. The molecule has 0 aliphatic carbocycles. The minimum absolute atomic E-state index is 0.157. The summed E-state index contributed by atoms with van der Waals surface area (Å²) in [5.74, 6) is -1.39. The summed E-state index contributed by atoms with van der Waals surface area (Å²) in [4.78, 5) is 19.8. The van der Waals surface area contributed by atoms with E-state index in [0.29, 0.717) is 6.42 Å². The van der Waals surface area contributed by atoms with E-state index in [9.17, 15) is 9.59 Å². The third-order valence-electron chi connectivity index (χ3n) is 1.29. The fourth-order valence-electron chi connectivity index (χ4n) is 0.245. The number of carbonyl (C=O) groups is 2. The summed E-state index contributed by atoms with van der Waals surface area (Å²) in [7, 11) is 1.38.